The van der Waals surface area contributed by atoms with Crippen LogP contribution in [0.1, 0.15) is 66.9 Å². The highest BCUT2D eigenvalue weighted by molar-refractivity contribution is 5.96. The van der Waals surface area contributed by atoms with Gasteiger partial charge < -0.3 is 26.2 Å². The van der Waals surface area contributed by atoms with E-state index in [1.807, 2.05) is 25.1 Å². The molecule has 1 aromatic carbocycles. The van der Waals surface area contributed by atoms with Crippen molar-refractivity contribution in [2.45, 2.75) is 52.6 Å². The van der Waals surface area contributed by atoms with Gasteiger partial charge >= 0.3 is 0 Å². The number of carbonyl (C=O) groups excluding carboxylic acids is 2. The molecule has 0 saturated heterocycles. The van der Waals surface area contributed by atoms with E-state index in [0.29, 0.717) is 30.5 Å². The van der Waals surface area contributed by atoms with Crippen molar-refractivity contribution in [1.29, 1.82) is 0 Å². The Labute approximate surface area is 182 Å². The summed E-state index contributed by atoms with van der Waals surface area (Å²) >= 11 is 0. The van der Waals surface area contributed by atoms with Crippen LogP contribution < -0.4 is 21.7 Å². The molecule has 0 aliphatic carbocycles. The Morgan fingerprint density at radius 2 is 1.81 bits per heavy atom. The van der Waals surface area contributed by atoms with Crippen molar-refractivity contribution < 1.29 is 14.1 Å². The van der Waals surface area contributed by atoms with Crippen LogP contribution >= 0.6 is 0 Å². The lowest BCUT2D eigenvalue weighted by atomic mass is 9.99. The third-order valence-corrected chi connectivity index (χ3v) is 4.81. The second kappa shape index (κ2) is 12.4. The zero-order valence-electron chi connectivity index (χ0n) is 18.4. The van der Waals surface area contributed by atoms with E-state index in [0.717, 1.165) is 36.4 Å². The number of benzene rings is 1. The summed E-state index contributed by atoms with van der Waals surface area (Å²) in [6.45, 7) is 7.75. The molecule has 5 N–H and O–H groups in total. The smallest absolute Gasteiger partial charge is 0.251 e. The zero-order chi connectivity index (χ0) is 22.6. The van der Waals surface area contributed by atoms with Gasteiger partial charge in [-0.15, -0.1) is 0 Å². The van der Waals surface area contributed by atoms with Crippen LogP contribution in [0.25, 0.3) is 0 Å². The SMILES string of the molecule is CCNC(=NCc1ccc(C(=O)NCC(N)=O)cc1)NCc1cc(C(CC)CC)no1. The second-order valence-electron chi connectivity index (χ2n) is 7.13. The van der Waals surface area contributed by atoms with E-state index in [4.69, 9.17) is 10.3 Å². The number of hydrogen-bond acceptors (Lipinski definition) is 5. The highest BCUT2D eigenvalue weighted by Crippen LogP contribution is 2.22. The van der Waals surface area contributed by atoms with Gasteiger partial charge in [-0.2, -0.15) is 0 Å². The molecule has 0 atom stereocenters. The number of guanidine groups is 1. The van der Waals surface area contributed by atoms with Crippen LogP contribution in [0.2, 0.25) is 0 Å². The predicted molar refractivity (Wildman–Crippen MR) is 119 cm³/mol. The maximum absolute atomic E-state index is 11.9. The van der Waals surface area contributed by atoms with Gasteiger partial charge in [0.25, 0.3) is 5.91 Å². The lowest BCUT2D eigenvalue weighted by molar-refractivity contribution is -0.117. The Morgan fingerprint density at radius 3 is 2.42 bits per heavy atom. The maximum Gasteiger partial charge on any atom is 0.251 e. The van der Waals surface area contributed by atoms with E-state index in [1.54, 1.807) is 12.1 Å². The van der Waals surface area contributed by atoms with Crippen LogP contribution in [0, 0.1) is 0 Å². The molecule has 2 rings (SSSR count). The summed E-state index contributed by atoms with van der Waals surface area (Å²) in [5.41, 5.74) is 7.42. The topological polar surface area (TPSA) is 135 Å². The summed E-state index contributed by atoms with van der Waals surface area (Å²) in [5.74, 6) is 0.911. The average Bonchev–Trinajstić information content (AvgIpc) is 3.24. The molecule has 0 bridgehead atoms. The molecule has 0 radical (unpaired) electrons. The molecular weight excluding hydrogens is 396 g/mol. The van der Waals surface area contributed by atoms with E-state index in [-0.39, 0.29) is 12.5 Å². The number of nitrogens with zero attached hydrogens (tertiary/aromatic N) is 2. The van der Waals surface area contributed by atoms with Crippen LogP contribution in [0.4, 0.5) is 0 Å². The highest BCUT2D eigenvalue weighted by Gasteiger charge is 2.13. The van der Waals surface area contributed by atoms with Gasteiger partial charge in [-0.25, -0.2) is 4.99 Å². The maximum atomic E-state index is 11.9. The quantitative estimate of drug-likeness (QED) is 0.320. The number of amides is 2. The fourth-order valence-corrected chi connectivity index (χ4v) is 3.03. The first-order valence-corrected chi connectivity index (χ1v) is 10.6. The normalized spacial score (nSPS) is 11.4. The molecule has 2 aromatic rings. The molecule has 2 amide bonds. The molecule has 1 heterocycles. The molecule has 168 valence electrons. The summed E-state index contributed by atoms with van der Waals surface area (Å²) in [5, 5.41) is 13.1. The lowest BCUT2D eigenvalue weighted by Crippen LogP contribution is -2.36. The van der Waals surface area contributed by atoms with Crippen LogP contribution in [0.3, 0.4) is 0 Å². The van der Waals surface area contributed by atoms with Crippen molar-refractivity contribution in [2.24, 2.45) is 10.7 Å². The van der Waals surface area contributed by atoms with E-state index >= 15 is 0 Å². The molecule has 0 aliphatic rings. The van der Waals surface area contributed by atoms with Crippen molar-refractivity contribution in [2.75, 3.05) is 13.1 Å². The molecule has 0 saturated carbocycles. The number of nitrogens with two attached hydrogens (primary N) is 1. The van der Waals surface area contributed by atoms with Gasteiger partial charge in [-0.05, 0) is 37.5 Å². The second-order valence-corrected chi connectivity index (χ2v) is 7.13. The molecule has 1 aromatic heterocycles. The molecule has 9 heteroatoms. The minimum Gasteiger partial charge on any atom is -0.368 e. The number of nitrogens with one attached hydrogen (secondary N) is 3. The van der Waals surface area contributed by atoms with E-state index in [1.165, 1.54) is 0 Å². The fourth-order valence-electron chi connectivity index (χ4n) is 3.03. The van der Waals surface area contributed by atoms with Gasteiger partial charge in [0, 0.05) is 24.1 Å². The Morgan fingerprint density at radius 1 is 1.10 bits per heavy atom. The van der Waals surface area contributed by atoms with Gasteiger partial charge in [0.1, 0.15) is 0 Å². The van der Waals surface area contributed by atoms with Crippen LogP contribution in [0.5, 0.6) is 0 Å². The van der Waals surface area contributed by atoms with Crippen molar-refractivity contribution in [3.63, 3.8) is 0 Å². The fraction of sp³-hybridized carbons (Fsp3) is 0.455. The standard InChI is InChI=1S/C22H32N6O3/c1-4-16(5-2)19-11-18(31-28-19)13-27-22(24-6-3)26-12-15-7-9-17(10-8-15)21(30)25-14-20(23)29/h7-11,16H,4-6,12-14H2,1-3H3,(H2,23,29)(H,25,30)(H2,24,26,27). The van der Waals surface area contributed by atoms with Crippen LogP contribution in [-0.2, 0) is 17.9 Å². The highest BCUT2D eigenvalue weighted by atomic mass is 16.5. The Bertz CT molecular complexity index is 872. The van der Waals surface area contributed by atoms with Gasteiger partial charge in [-0.1, -0.05) is 31.1 Å². The number of rotatable bonds is 11. The lowest BCUT2D eigenvalue weighted by Gasteiger charge is -2.10. The first-order valence-electron chi connectivity index (χ1n) is 10.6. The Kier molecular flexibility index (Phi) is 9.54. The largest absolute Gasteiger partial charge is 0.368 e. The minimum atomic E-state index is -0.583. The van der Waals surface area contributed by atoms with E-state index in [9.17, 15) is 9.59 Å². The third-order valence-electron chi connectivity index (χ3n) is 4.81. The van der Waals surface area contributed by atoms with Gasteiger partial charge in [0.15, 0.2) is 11.7 Å². The first-order chi connectivity index (χ1) is 15.0. The third kappa shape index (κ3) is 7.76. The van der Waals surface area contributed by atoms with Crippen molar-refractivity contribution in [1.82, 2.24) is 21.1 Å². The molecule has 0 unspecified atom stereocenters. The molecule has 0 aliphatic heterocycles. The number of carbonyl (C=O) groups is 2. The zero-order valence-corrected chi connectivity index (χ0v) is 18.4. The minimum absolute atomic E-state index is 0.188. The summed E-state index contributed by atoms with van der Waals surface area (Å²) in [6, 6.07) is 9.02. The van der Waals surface area contributed by atoms with Crippen molar-refractivity contribution in [3.8, 4) is 0 Å². The van der Waals surface area contributed by atoms with Crippen LogP contribution in [0.15, 0.2) is 39.8 Å². The number of aliphatic imine (C=N–C) groups is 1. The summed E-state index contributed by atoms with van der Waals surface area (Å²) in [7, 11) is 0. The van der Waals surface area contributed by atoms with Crippen molar-refractivity contribution >= 4 is 17.8 Å². The number of aromatic nitrogens is 1. The van der Waals surface area contributed by atoms with Gasteiger partial charge in [0.2, 0.25) is 5.91 Å². The van der Waals surface area contributed by atoms with Gasteiger partial charge in [0.05, 0.1) is 25.3 Å². The molecule has 0 fully saturated rings. The van der Waals surface area contributed by atoms with Crippen molar-refractivity contribution in [3.05, 3.63) is 52.9 Å². The predicted octanol–water partition coefficient (Wildman–Crippen LogP) is 2.05. The molecule has 9 nitrogen and oxygen atoms in total. The summed E-state index contributed by atoms with van der Waals surface area (Å²) < 4.78 is 5.45. The summed E-state index contributed by atoms with van der Waals surface area (Å²) in [6.07, 6.45) is 2.07. The van der Waals surface area contributed by atoms with E-state index in [2.05, 4.69) is 39.9 Å². The monoisotopic (exact) mass is 428 g/mol. The molecule has 0 spiro atoms. The first kappa shape index (κ1) is 23.9. The van der Waals surface area contributed by atoms with E-state index < -0.39 is 5.91 Å². The molecular formula is C22H32N6O3. The Hall–Kier alpha value is -3.36. The average molecular weight is 429 g/mol. The van der Waals surface area contributed by atoms with Gasteiger partial charge in [-0.3, -0.25) is 9.59 Å². The summed E-state index contributed by atoms with van der Waals surface area (Å²) in [4.78, 5) is 27.3. The number of hydrogen-bond donors (Lipinski definition) is 4. The van der Waals surface area contributed by atoms with Crippen LogP contribution in [-0.4, -0.2) is 36.0 Å². The number of primary amides is 1. The Balaban J connectivity index is 1.93. The molecule has 31 heavy (non-hydrogen) atoms.